The summed E-state index contributed by atoms with van der Waals surface area (Å²) >= 11 is 1.08. The van der Waals surface area contributed by atoms with Crippen LogP contribution in [-0.2, 0) is 0 Å². The van der Waals surface area contributed by atoms with Crippen LogP contribution in [0.25, 0.3) is 0 Å². The van der Waals surface area contributed by atoms with Crippen molar-refractivity contribution in [1.29, 1.82) is 0 Å². The van der Waals surface area contributed by atoms with Crippen LogP contribution in [0.2, 0.25) is 0 Å². The summed E-state index contributed by atoms with van der Waals surface area (Å²) in [6.07, 6.45) is -3.01. The van der Waals surface area contributed by atoms with E-state index in [0.717, 1.165) is 16.2 Å². The Balaban J connectivity index is 2.76. The molecule has 0 bridgehead atoms. The minimum atomic E-state index is -2.75. The molecule has 1 N–H and O–H groups in total. The molecule has 0 spiro atoms. The molecule has 0 saturated carbocycles. The van der Waals surface area contributed by atoms with E-state index in [-0.39, 0.29) is 5.01 Å². The quantitative estimate of drug-likeness (QED) is 0.750. The monoisotopic (exact) mass is 179 g/mol. The third-order valence-electron chi connectivity index (χ3n) is 1.13. The molecule has 0 aromatic carbocycles. The van der Waals surface area contributed by atoms with Gasteiger partial charge in [-0.25, -0.2) is 13.8 Å². The first-order chi connectivity index (χ1) is 5.11. The molecule has 0 aliphatic heterocycles. The number of hydrogen-bond donors (Lipinski definition) is 1. The predicted octanol–water partition coefficient (Wildman–Crippen LogP) is 1.75. The molecule has 62 valence electrons. The van der Waals surface area contributed by atoms with Gasteiger partial charge >= 0.3 is 0 Å². The van der Waals surface area contributed by atoms with Gasteiger partial charge in [-0.2, -0.15) is 0 Å². The molecule has 1 aromatic heterocycles. The maximum atomic E-state index is 11.8. The van der Waals surface area contributed by atoms with Crippen LogP contribution < -0.4 is 0 Å². The lowest BCUT2D eigenvalue weighted by atomic mass is 10.4. The largest absolute Gasteiger partial charge is 0.380 e. The molecular formula is C6H7F2NOS. The van der Waals surface area contributed by atoms with Gasteiger partial charge in [-0.05, 0) is 6.92 Å². The van der Waals surface area contributed by atoms with Crippen molar-refractivity contribution in [3.05, 3.63) is 16.1 Å². The molecule has 0 aliphatic carbocycles. The molecule has 1 unspecified atom stereocenters. The number of aryl methyl sites for hydroxylation is 1. The smallest absolute Gasteiger partial charge is 0.270 e. The predicted molar refractivity (Wildman–Crippen MR) is 37.8 cm³/mol. The van der Waals surface area contributed by atoms with Crippen molar-refractivity contribution < 1.29 is 13.9 Å². The first-order valence-electron chi connectivity index (χ1n) is 3.00. The molecule has 1 rings (SSSR count). The van der Waals surface area contributed by atoms with E-state index in [2.05, 4.69) is 4.98 Å². The van der Waals surface area contributed by atoms with Crippen molar-refractivity contribution in [1.82, 2.24) is 4.98 Å². The van der Waals surface area contributed by atoms with Gasteiger partial charge in [0.15, 0.2) is 6.10 Å². The zero-order chi connectivity index (χ0) is 8.43. The standard InChI is InChI=1S/C6H7F2NOS/c1-3-2-9-6(11-3)4(10)5(7)8/h2,4-5,10H,1H3. The third kappa shape index (κ3) is 1.94. The van der Waals surface area contributed by atoms with E-state index in [1.165, 1.54) is 6.20 Å². The van der Waals surface area contributed by atoms with E-state index in [4.69, 9.17) is 5.11 Å². The summed E-state index contributed by atoms with van der Waals surface area (Å²) in [6, 6.07) is 0. The number of nitrogens with zero attached hydrogens (tertiary/aromatic N) is 1. The summed E-state index contributed by atoms with van der Waals surface area (Å²) in [5.74, 6) is 0. The van der Waals surface area contributed by atoms with Crippen molar-refractivity contribution in [2.45, 2.75) is 19.5 Å². The van der Waals surface area contributed by atoms with Crippen LogP contribution in [0.3, 0.4) is 0 Å². The average molecular weight is 179 g/mol. The number of aliphatic hydroxyl groups excluding tert-OH is 1. The van der Waals surface area contributed by atoms with Crippen LogP contribution in [0.5, 0.6) is 0 Å². The molecule has 1 heterocycles. The molecule has 0 amide bonds. The second-order valence-electron chi connectivity index (χ2n) is 2.09. The van der Waals surface area contributed by atoms with Crippen LogP contribution in [0, 0.1) is 6.92 Å². The SMILES string of the molecule is Cc1cnc(C(O)C(F)F)s1. The van der Waals surface area contributed by atoms with Crippen LogP contribution in [0.15, 0.2) is 6.20 Å². The van der Waals surface area contributed by atoms with Gasteiger partial charge < -0.3 is 5.11 Å². The fourth-order valence-corrected chi connectivity index (χ4v) is 1.38. The molecular weight excluding hydrogens is 172 g/mol. The number of alkyl halides is 2. The molecule has 2 nitrogen and oxygen atoms in total. The maximum absolute atomic E-state index is 11.8. The van der Waals surface area contributed by atoms with E-state index in [1.807, 2.05) is 0 Å². The van der Waals surface area contributed by atoms with Crippen LogP contribution in [0.1, 0.15) is 16.0 Å². The number of thiazole rings is 1. The maximum Gasteiger partial charge on any atom is 0.270 e. The highest BCUT2D eigenvalue weighted by Crippen LogP contribution is 2.24. The van der Waals surface area contributed by atoms with Crippen LogP contribution >= 0.6 is 11.3 Å². The number of aromatic nitrogens is 1. The summed E-state index contributed by atoms with van der Waals surface area (Å²) in [5, 5.41) is 8.89. The Morgan fingerprint density at radius 3 is 2.64 bits per heavy atom. The first-order valence-corrected chi connectivity index (χ1v) is 3.81. The Labute approximate surface area is 66.5 Å². The molecule has 5 heteroatoms. The highest BCUT2D eigenvalue weighted by Gasteiger charge is 2.21. The molecule has 0 aliphatic rings. The van der Waals surface area contributed by atoms with Crippen molar-refractivity contribution >= 4 is 11.3 Å². The number of halogens is 2. The molecule has 0 radical (unpaired) electrons. The minimum Gasteiger partial charge on any atom is -0.380 e. The molecule has 1 aromatic rings. The van der Waals surface area contributed by atoms with E-state index in [9.17, 15) is 8.78 Å². The lowest BCUT2D eigenvalue weighted by molar-refractivity contribution is -0.00588. The van der Waals surface area contributed by atoms with Crippen molar-refractivity contribution in [2.75, 3.05) is 0 Å². The third-order valence-corrected chi connectivity index (χ3v) is 2.11. The molecule has 1 atom stereocenters. The summed E-state index contributed by atoms with van der Waals surface area (Å²) < 4.78 is 23.7. The van der Waals surface area contributed by atoms with Gasteiger partial charge in [0, 0.05) is 11.1 Å². The fraction of sp³-hybridized carbons (Fsp3) is 0.500. The highest BCUT2D eigenvalue weighted by molar-refractivity contribution is 7.11. The minimum absolute atomic E-state index is 0.0810. The lowest BCUT2D eigenvalue weighted by Crippen LogP contribution is -2.06. The number of hydrogen-bond acceptors (Lipinski definition) is 3. The van der Waals surface area contributed by atoms with Gasteiger partial charge in [-0.1, -0.05) is 0 Å². The second kappa shape index (κ2) is 3.23. The van der Waals surface area contributed by atoms with Gasteiger partial charge in [-0.3, -0.25) is 0 Å². The van der Waals surface area contributed by atoms with E-state index in [0.29, 0.717) is 0 Å². The van der Waals surface area contributed by atoms with Gasteiger partial charge in [0.2, 0.25) is 0 Å². The number of rotatable bonds is 2. The summed E-state index contributed by atoms with van der Waals surface area (Å²) in [5.41, 5.74) is 0. The Hall–Kier alpha value is -0.550. The zero-order valence-electron chi connectivity index (χ0n) is 5.79. The van der Waals surface area contributed by atoms with Crippen LogP contribution in [-0.4, -0.2) is 16.5 Å². The van der Waals surface area contributed by atoms with E-state index >= 15 is 0 Å². The van der Waals surface area contributed by atoms with Gasteiger partial charge in [0.25, 0.3) is 6.43 Å². The van der Waals surface area contributed by atoms with Crippen molar-refractivity contribution in [3.63, 3.8) is 0 Å². The van der Waals surface area contributed by atoms with Crippen molar-refractivity contribution in [2.24, 2.45) is 0 Å². The zero-order valence-corrected chi connectivity index (χ0v) is 6.61. The topological polar surface area (TPSA) is 33.1 Å². The van der Waals surface area contributed by atoms with E-state index < -0.39 is 12.5 Å². The summed E-state index contributed by atoms with van der Waals surface area (Å²) in [7, 11) is 0. The highest BCUT2D eigenvalue weighted by atomic mass is 32.1. The van der Waals surface area contributed by atoms with Crippen molar-refractivity contribution in [3.8, 4) is 0 Å². The van der Waals surface area contributed by atoms with Gasteiger partial charge in [-0.15, -0.1) is 11.3 Å². The molecule has 0 saturated heterocycles. The number of aliphatic hydroxyl groups is 1. The normalized spacial score (nSPS) is 13.9. The molecule has 0 fully saturated rings. The lowest BCUT2D eigenvalue weighted by Gasteiger charge is -2.03. The Morgan fingerprint density at radius 2 is 2.27 bits per heavy atom. The fourth-order valence-electron chi connectivity index (χ4n) is 0.617. The van der Waals surface area contributed by atoms with E-state index in [1.54, 1.807) is 6.92 Å². The summed E-state index contributed by atoms with van der Waals surface area (Å²) in [6.45, 7) is 1.75. The Morgan fingerprint density at radius 1 is 1.64 bits per heavy atom. The van der Waals surface area contributed by atoms with Crippen LogP contribution in [0.4, 0.5) is 8.78 Å². The summed E-state index contributed by atoms with van der Waals surface area (Å²) in [4.78, 5) is 4.44. The average Bonchev–Trinajstić information content (AvgIpc) is 2.34. The van der Waals surface area contributed by atoms with Gasteiger partial charge in [0.1, 0.15) is 5.01 Å². The Kier molecular flexibility index (Phi) is 2.51. The second-order valence-corrected chi connectivity index (χ2v) is 3.35. The van der Waals surface area contributed by atoms with Gasteiger partial charge in [0.05, 0.1) is 0 Å². The molecule has 11 heavy (non-hydrogen) atoms. The first kappa shape index (κ1) is 8.55. The Bertz CT molecular complexity index is 238.